The van der Waals surface area contributed by atoms with Gasteiger partial charge in [0.15, 0.2) is 0 Å². The van der Waals surface area contributed by atoms with Gasteiger partial charge in [-0.05, 0) is 105 Å². The smallest absolute Gasteiger partial charge is 0.133 e. The van der Waals surface area contributed by atoms with E-state index < -0.39 is 0 Å². The molecule has 0 N–H and O–H groups in total. The van der Waals surface area contributed by atoms with Gasteiger partial charge in [-0.3, -0.25) is 4.79 Å². The fraction of sp³-hybridized carbons (Fsp3) is 0.957. The summed E-state index contributed by atoms with van der Waals surface area (Å²) in [5, 5.41) is 0. The lowest BCUT2D eigenvalue weighted by atomic mass is 9.44. The molecule has 0 aromatic rings. The van der Waals surface area contributed by atoms with Crippen molar-refractivity contribution in [3.63, 3.8) is 0 Å². The van der Waals surface area contributed by atoms with E-state index in [1.165, 1.54) is 51.4 Å². The molecule has 26 heavy (non-hydrogen) atoms. The van der Waals surface area contributed by atoms with Crippen molar-refractivity contribution in [2.45, 2.75) is 84.7 Å². The number of thioether (sulfide) groups is 1. The first kappa shape index (κ1) is 19.3. The maximum Gasteiger partial charge on any atom is 0.133 e. The maximum absolute atomic E-state index is 12.3. The molecule has 4 saturated carbocycles. The number of Topliss-reactive ketones (excluding diaryl/α,β-unsaturated/α-hetero) is 1. The molecule has 0 heterocycles. The van der Waals surface area contributed by atoms with Crippen molar-refractivity contribution in [1.82, 2.24) is 0 Å². The number of carbonyl (C=O) groups excluding carboxylic acids is 1. The number of fused-ring (bicyclic) bond motifs is 5. The Labute approximate surface area is 164 Å². The van der Waals surface area contributed by atoms with Gasteiger partial charge in [0, 0.05) is 5.92 Å². The van der Waals surface area contributed by atoms with Crippen LogP contribution in [0.4, 0.5) is 0 Å². The summed E-state index contributed by atoms with van der Waals surface area (Å²) in [5.41, 5.74) is 0.826. The van der Waals surface area contributed by atoms with Gasteiger partial charge < -0.3 is 4.74 Å². The minimum absolute atomic E-state index is 0.300. The minimum atomic E-state index is 0.300. The van der Waals surface area contributed by atoms with Crippen LogP contribution in [0.15, 0.2) is 0 Å². The van der Waals surface area contributed by atoms with Crippen molar-refractivity contribution in [2.24, 2.45) is 40.4 Å². The average Bonchev–Trinajstić information content (AvgIpc) is 2.97. The highest BCUT2D eigenvalue weighted by Crippen LogP contribution is 2.67. The predicted molar refractivity (Wildman–Crippen MR) is 109 cm³/mol. The van der Waals surface area contributed by atoms with Gasteiger partial charge in [0.25, 0.3) is 0 Å². The van der Waals surface area contributed by atoms with Crippen LogP contribution in [-0.4, -0.2) is 24.1 Å². The number of hydrogen-bond acceptors (Lipinski definition) is 3. The molecule has 4 aliphatic rings. The van der Waals surface area contributed by atoms with Crippen LogP contribution in [0.5, 0.6) is 0 Å². The summed E-state index contributed by atoms with van der Waals surface area (Å²) in [4.78, 5) is 12.3. The molecule has 0 aliphatic heterocycles. The van der Waals surface area contributed by atoms with Crippen LogP contribution in [-0.2, 0) is 9.53 Å². The van der Waals surface area contributed by atoms with Crippen LogP contribution in [0.1, 0.15) is 78.6 Å². The van der Waals surface area contributed by atoms with Gasteiger partial charge in [0.05, 0.1) is 12.0 Å². The summed E-state index contributed by atoms with van der Waals surface area (Å²) in [6.45, 7) is 6.94. The highest BCUT2D eigenvalue weighted by Gasteiger charge is 2.60. The van der Waals surface area contributed by atoms with E-state index in [1.54, 1.807) is 11.8 Å². The monoisotopic (exact) mass is 378 g/mol. The number of ketones is 1. The molecule has 0 bridgehead atoms. The Bertz CT molecular complexity index is 548. The van der Waals surface area contributed by atoms with Crippen molar-refractivity contribution in [2.75, 3.05) is 12.2 Å². The number of carbonyl (C=O) groups is 1. The predicted octanol–water partition coefficient (Wildman–Crippen LogP) is 5.94. The molecule has 0 aromatic carbocycles. The van der Waals surface area contributed by atoms with Crippen molar-refractivity contribution in [3.8, 4) is 0 Å². The summed E-state index contributed by atoms with van der Waals surface area (Å²) in [5.74, 6) is 5.09. The quantitative estimate of drug-likeness (QED) is 0.566. The summed E-state index contributed by atoms with van der Waals surface area (Å²) in [6, 6.07) is 0. The van der Waals surface area contributed by atoms with E-state index in [-0.39, 0.29) is 0 Å². The molecule has 3 heteroatoms. The van der Waals surface area contributed by atoms with Gasteiger partial charge in [0.1, 0.15) is 5.78 Å². The summed E-state index contributed by atoms with van der Waals surface area (Å²) in [7, 11) is 0. The summed E-state index contributed by atoms with van der Waals surface area (Å²) in [6.07, 6.45) is 14.5. The second-order valence-corrected chi connectivity index (χ2v) is 11.2. The molecule has 4 rings (SSSR count). The normalized spacial score (nSPS) is 50.6. The molecule has 4 aliphatic carbocycles. The third-order valence-electron chi connectivity index (χ3n) is 9.53. The topological polar surface area (TPSA) is 26.3 Å². The third kappa shape index (κ3) is 2.91. The Morgan fingerprint density at radius 2 is 1.73 bits per heavy atom. The Hall–Kier alpha value is -0.0200. The van der Waals surface area contributed by atoms with Crippen molar-refractivity contribution in [1.29, 1.82) is 0 Å². The first-order chi connectivity index (χ1) is 12.4. The second-order valence-electron chi connectivity index (χ2n) is 10.4. The lowest BCUT2D eigenvalue weighted by Gasteiger charge is -2.61. The first-order valence-electron chi connectivity index (χ1n) is 11.0. The Morgan fingerprint density at radius 1 is 1.00 bits per heavy atom. The van der Waals surface area contributed by atoms with E-state index in [2.05, 4.69) is 20.1 Å². The van der Waals surface area contributed by atoms with E-state index in [4.69, 9.17) is 4.74 Å². The molecule has 2 nitrogen and oxygen atoms in total. The average molecular weight is 379 g/mol. The van der Waals surface area contributed by atoms with Gasteiger partial charge in [-0.15, -0.1) is 11.8 Å². The van der Waals surface area contributed by atoms with Crippen LogP contribution in [0.2, 0.25) is 0 Å². The van der Waals surface area contributed by atoms with Crippen LogP contribution >= 0.6 is 11.8 Å². The standard InChI is InChI=1S/C23H38O2S/c1-15(24)19-7-8-20-18-6-5-16-13-17(25-14-26-4)9-11-22(16,2)21(18)10-12-23(19,20)3/h16-21H,5-14H2,1-4H3/t16-,17+,18-,19?,20-,21-,22-,23+/m0/s1. The largest absolute Gasteiger partial charge is 0.368 e. The zero-order valence-electron chi connectivity index (χ0n) is 17.3. The van der Waals surface area contributed by atoms with E-state index in [1.807, 2.05) is 6.92 Å². The Morgan fingerprint density at radius 3 is 2.46 bits per heavy atom. The van der Waals surface area contributed by atoms with Gasteiger partial charge in [-0.1, -0.05) is 13.8 Å². The van der Waals surface area contributed by atoms with Crippen molar-refractivity contribution < 1.29 is 9.53 Å². The lowest BCUT2D eigenvalue weighted by molar-refractivity contribution is -0.140. The molecule has 148 valence electrons. The van der Waals surface area contributed by atoms with E-state index >= 15 is 0 Å². The van der Waals surface area contributed by atoms with E-state index in [0.717, 1.165) is 36.0 Å². The molecule has 0 aromatic heterocycles. The maximum atomic E-state index is 12.3. The van der Waals surface area contributed by atoms with Crippen LogP contribution in [0.3, 0.4) is 0 Å². The second kappa shape index (κ2) is 7.10. The Kier molecular flexibility index (Phi) is 5.27. The lowest BCUT2D eigenvalue weighted by Crippen LogP contribution is -2.54. The zero-order chi connectivity index (χ0) is 18.5. The molecule has 0 radical (unpaired) electrons. The molecular weight excluding hydrogens is 340 g/mol. The first-order valence-corrected chi connectivity index (χ1v) is 12.4. The molecule has 0 amide bonds. The number of hydrogen-bond donors (Lipinski definition) is 0. The van der Waals surface area contributed by atoms with Gasteiger partial charge in [-0.2, -0.15) is 0 Å². The Balaban J connectivity index is 1.51. The molecule has 4 fully saturated rings. The molecule has 8 atom stereocenters. The van der Waals surface area contributed by atoms with Crippen LogP contribution < -0.4 is 0 Å². The fourth-order valence-corrected chi connectivity index (χ4v) is 8.53. The summed E-state index contributed by atoms with van der Waals surface area (Å²) < 4.78 is 6.11. The highest BCUT2D eigenvalue weighted by atomic mass is 32.2. The third-order valence-corrected chi connectivity index (χ3v) is 9.90. The van der Waals surface area contributed by atoms with Gasteiger partial charge in [0.2, 0.25) is 0 Å². The number of ether oxygens (including phenoxy) is 1. The SMILES string of the molecule is CSCO[C@@H]1CC[C@@]2(C)[C@@H](CC[C@@H]3[C@@H]2CC[C@]2(C)C(C(C)=O)CC[C@@H]32)C1. The van der Waals surface area contributed by atoms with E-state index in [9.17, 15) is 4.79 Å². The van der Waals surface area contributed by atoms with Crippen LogP contribution in [0.25, 0.3) is 0 Å². The van der Waals surface area contributed by atoms with Crippen molar-refractivity contribution in [3.05, 3.63) is 0 Å². The molecular formula is C23H38O2S. The van der Waals surface area contributed by atoms with E-state index in [0.29, 0.717) is 28.6 Å². The fourth-order valence-electron chi connectivity index (χ4n) is 8.20. The number of rotatable bonds is 4. The van der Waals surface area contributed by atoms with Crippen molar-refractivity contribution >= 4 is 17.5 Å². The summed E-state index contributed by atoms with van der Waals surface area (Å²) >= 11 is 1.80. The zero-order valence-corrected chi connectivity index (χ0v) is 18.1. The molecule has 0 saturated heterocycles. The molecule has 0 spiro atoms. The highest BCUT2D eigenvalue weighted by molar-refractivity contribution is 7.98. The van der Waals surface area contributed by atoms with Crippen LogP contribution in [0, 0.1) is 40.4 Å². The molecule has 1 unspecified atom stereocenters. The van der Waals surface area contributed by atoms with Gasteiger partial charge in [-0.25, -0.2) is 0 Å². The van der Waals surface area contributed by atoms with Gasteiger partial charge >= 0.3 is 0 Å². The minimum Gasteiger partial charge on any atom is -0.368 e.